The highest BCUT2D eigenvalue weighted by Gasteiger charge is 2.13. The molecule has 96 valence electrons. The lowest BCUT2D eigenvalue weighted by molar-refractivity contribution is -0.138. The monoisotopic (exact) mass is 255 g/mol. The summed E-state index contributed by atoms with van der Waals surface area (Å²) in [5.74, 6) is -0.989. The molecule has 1 aromatic heterocycles. The average Bonchev–Trinajstić information content (AvgIpc) is 2.76. The molecule has 0 saturated carbocycles. The molecular formula is C15H13NO3. The fourth-order valence-electron chi connectivity index (χ4n) is 2.24. The Morgan fingerprint density at radius 2 is 1.89 bits per heavy atom. The first-order valence-corrected chi connectivity index (χ1v) is 6.04. The normalized spacial score (nSPS) is 12.9. The number of hydrogen-bond acceptors (Lipinski definition) is 3. The number of furan rings is 1. The minimum Gasteiger partial charge on any atom is -0.480 e. The van der Waals surface area contributed by atoms with Crippen LogP contribution in [0.4, 0.5) is 0 Å². The van der Waals surface area contributed by atoms with E-state index in [0.29, 0.717) is 6.42 Å². The zero-order chi connectivity index (χ0) is 13.4. The first kappa shape index (κ1) is 11.7. The number of carboxylic acids is 1. The SMILES string of the molecule is NC(Cc1ccc2oc3ccccc3c2c1)C(=O)O. The zero-order valence-corrected chi connectivity index (χ0v) is 10.2. The van der Waals surface area contributed by atoms with Crippen LogP contribution >= 0.6 is 0 Å². The molecule has 3 aromatic rings. The summed E-state index contributed by atoms with van der Waals surface area (Å²) in [5, 5.41) is 10.9. The predicted octanol–water partition coefficient (Wildman–Crippen LogP) is 2.54. The molecule has 1 atom stereocenters. The van der Waals surface area contributed by atoms with Gasteiger partial charge < -0.3 is 15.3 Å². The van der Waals surface area contributed by atoms with Gasteiger partial charge in [0.15, 0.2) is 0 Å². The molecule has 0 spiro atoms. The molecule has 0 amide bonds. The molecule has 4 heteroatoms. The Labute approximate surface area is 109 Å². The summed E-state index contributed by atoms with van der Waals surface area (Å²) in [6.45, 7) is 0. The fourth-order valence-corrected chi connectivity index (χ4v) is 2.24. The summed E-state index contributed by atoms with van der Waals surface area (Å²) in [6, 6.07) is 12.6. The van der Waals surface area contributed by atoms with E-state index in [0.717, 1.165) is 27.5 Å². The molecule has 2 aromatic carbocycles. The van der Waals surface area contributed by atoms with Gasteiger partial charge in [0.25, 0.3) is 0 Å². The largest absolute Gasteiger partial charge is 0.480 e. The molecule has 3 rings (SSSR count). The number of para-hydroxylation sites is 1. The number of carboxylic acid groups (broad SMARTS) is 1. The first-order valence-electron chi connectivity index (χ1n) is 6.04. The van der Waals surface area contributed by atoms with Crippen LogP contribution in [0, 0.1) is 0 Å². The number of benzene rings is 2. The van der Waals surface area contributed by atoms with Crippen molar-refractivity contribution < 1.29 is 14.3 Å². The van der Waals surface area contributed by atoms with Gasteiger partial charge >= 0.3 is 5.97 Å². The summed E-state index contributed by atoms with van der Waals surface area (Å²) in [4.78, 5) is 10.8. The van der Waals surface area contributed by atoms with Gasteiger partial charge in [0, 0.05) is 10.8 Å². The number of carbonyl (C=O) groups is 1. The lowest BCUT2D eigenvalue weighted by atomic mass is 10.0. The van der Waals surface area contributed by atoms with Crippen molar-refractivity contribution >= 4 is 27.9 Å². The van der Waals surface area contributed by atoms with Gasteiger partial charge in [-0.15, -0.1) is 0 Å². The lowest BCUT2D eigenvalue weighted by Gasteiger charge is -2.06. The van der Waals surface area contributed by atoms with E-state index in [9.17, 15) is 4.79 Å². The molecule has 0 radical (unpaired) electrons. The lowest BCUT2D eigenvalue weighted by Crippen LogP contribution is -2.32. The first-order chi connectivity index (χ1) is 9.15. The van der Waals surface area contributed by atoms with Crippen molar-refractivity contribution in [3.05, 3.63) is 48.0 Å². The van der Waals surface area contributed by atoms with Gasteiger partial charge in [-0.3, -0.25) is 4.79 Å². The Morgan fingerprint density at radius 3 is 2.68 bits per heavy atom. The van der Waals surface area contributed by atoms with Crippen LogP contribution in [0.15, 0.2) is 46.9 Å². The second kappa shape index (κ2) is 4.40. The van der Waals surface area contributed by atoms with Crippen LogP contribution in [-0.4, -0.2) is 17.1 Å². The molecule has 19 heavy (non-hydrogen) atoms. The van der Waals surface area contributed by atoms with E-state index in [4.69, 9.17) is 15.3 Å². The van der Waals surface area contributed by atoms with Crippen LogP contribution in [0.1, 0.15) is 5.56 Å². The Balaban J connectivity index is 2.09. The van der Waals surface area contributed by atoms with E-state index in [1.165, 1.54) is 0 Å². The molecule has 0 saturated heterocycles. The maximum atomic E-state index is 10.8. The topological polar surface area (TPSA) is 76.5 Å². The molecule has 0 bridgehead atoms. The maximum Gasteiger partial charge on any atom is 0.320 e. The predicted molar refractivity (Wildman–Crippen MR) is 73.0 cm³/mol. The van der Waals surface area contributed by atoms with Crippen LogP contribution in [0.3, 0.4) is 0 Å². The van der Waals surface area contributed by atoms with Gasteiger partial charge in [-0.2, -0.15) is 0 Å². The van der Waals surface area contributed by atoms with Crippen LogP contribution in [0.25, 0.3) is 21.9 Å². The minimum atomic E-state index is -0.989. The molecule has 0 aliphatic rings. The van der Waals surface area contributed by atoms with Gasteiger partial charge in [0.2, 0.25) is 0 Å². The van der Waals surface area contributed by atoms with Crippen molar-refractivity contribution in [1.29, 1.82) is 0 Å². The van der Waals surface area contributed by atoms with Crippen molar-refractivity contribution in [2.24, 2.45) is 5.73 Å². The molecule has 4 nitrogen and oxygen atoms in total. The van der Waals surface area contributed by atoms with E-state index in [1.807, 2.05) is 42.5 Å². The highest BCUT2D eigenvalue weighted by molar-refractivity contribution is 6.05. The molecule has 1 unspecified atom stereocenters. The summed E-state index contributed by atoms with van der Waals surface area (Å²) < 4.78 is 5.71. The van der Waals surface area contributed by atoms with Crippen molar-refractivity contribution in [1.82, 2.24) is 0 Å². The zero-order valence-electron chi connectivity index (χ0n) is 10.2. The van der Waals surface area contributed by atoms with Crippen molar-refractivity contribution in [2.45, 2.75) is 12.5 Å². The third kappa shape index (κ3) is 2.06. The van der Waals surface area contributed by atoms with E-state index >= 15 is 0 Å². The molecule has 0 fully saturated rings. The Kier molecular flexibility index (Phi) is 2.72. The minimum absolute atomic E-state index is 0.310. The molecule has 1 heterocycles. The summed E-state index contributed by atoms with van der Waals surface area (Å²) in [5.41, 5.74) is 8.09. The van der Waals surface area contributed by atoms with E-state index < -0.39 is 12.0 Å². The summed E-state index contributed by atoms with van der Waals surface area (Å²) in [7, 11) is 0. The van der Waals surface area contributed by atoms with Crippen LogP contribution in [0.5, 0.6) is 0 Å². The van der Waals surface area contributed by atoms with Crippen LogP contribution in [-0.2, 0) is 11.2 Å². The number of rotatable bonds is 3. The number of fused-ring (bicyclic) bond motifs is 3. The fraction of sp³-hybridized carbons (Fsp3) is 0.133. The van der Waals surface area contributed by atoms with Crippen molar-refractivity contribution in [2.75, 3.05) is 0 Å². The summed E-state index contributed by atoms with van der Waals surface area (Å²) in [6.07, 6.45) is 0.310. The molecule has 3 N–H and O–H groups in total. The van der Waals surface area contributed by atoms with Crippen LogP contribution < -0.4 is 5.73 Å². The summed E-state index contributed by atoms with van der Waals surface area (Å²) >= 11 is 0. The van der Waals surface area contributed by atoms with Gasteiger partial charge in [-0.25, -0.2) is 0 Å². The Bertz CT molecular complexity index is 760. The van der Waals surface area contributed by atoms with Gasteiger partial charge in [-0.1, -0.05) is 24.3 Å². The third-order valence-corrected chi connectivity index (χ3v) is 3.21. The third-order valence-electron chi connectivity index (χ3n) is 3.21. The number of aliphatic carboxylic acids is 1. The molecular weight excluding hydrogens is 242 g/mol. The van der Waals surface area contributed by atoms with Gasteiger partial charge in [0.1, 0.15) is 17.2 Å². The van der Waals surface area contributed by atoms with E-state index in [1.54, 1.807) is 0 Å². The average molecular weight is 255 g/mol. The van der Waals surface area contributed by atoms with E-state index in [-0.39, 0.29) is 0 Å². The van der Waals surface area contributed by atoms with Gasteiger partial charge in [0.05, 0.1) is 0 Å². The standard InChI is InChI=1S/C15H13NO3/c16-12(15(17)18)8-9-5-6-14-11(7-9)10-3-1-2-4-13(10)19-14/h1-7,12H,8,16H2,(H,17,18). The van der Waals surface area contributed by atoms with Crippen LogP contribution in [0.2, 0.25) is 0 Å². The van der Waals surface area contributed by atoms with Gasteiger partial charge in [-0.05, 0) is 30.2 Å². The number of nitrogens with two attached hydrogens (primary N) is 1. The second-order valence-corrected chi connectivity index (χ2v) is 4.58. The smallest absolute Gasteiger partial charge is 0.320 e. The molecule has 0 aliphatic carbocycles. The number of hydrogen-bond donors (Lipinski definition) is 2. The highest BCUT2D eigenvalue weighted by Crippen LogP contribution is 2.29. The second-order valence-electron chi connectivity index (χ2n) is 4.58. The van der Waals surface area contributed by atoms with E-state index in [2.05, 4.69) is 0 Å². The highest BCUT2D eigenvalue weighted by atomic mass is 16.4. The quantitative estimate of drug-likeness (QED) is 0.754. The van der Waals surface area contributed by atoms with Crippen molar-refractivity contribution in [3.8, 4) is 0 Å². The maximum absolute atomic E-state index is 10.8. The molecule has 0 aliphatic heterocycles. The van der Waals surface area contributed by atoms with Crippen molar-refractivity contribution in [3.63, 3.8) is 0 Å². The Morgan fingerprint density at radius 1 is 1.16 bits per heavy atom. The Hall–Kier alpha value is -2.33.